The van der Waals surface area contributed by atoms with E-state index >= 15 is 0 Å². The van der Waals surface area contributed by atoms with Crippen LogP contribution in [0.2, 0.25) is 0 Å². The van der Waals surface area contributed by atoms with Crippen molar-refractivity contribution < 1.29 is 9.47 Å². The van der Waals surface area contributed by atoms with Crippen molar-refractivity contribution in [1.82, 2.24) is 0 Å². The Hall–Kier alpha value is -1.96. The van der Waals surface area contributed by atoms with Crippen molar-refractivity contribution in [3.63, 3.8) is 0 Å². The van der Waals surface area contributed by atoms with Gasteiger partial charge in [0, 0.05) is 0 Å². The first kappa shape index (κ1) is 18.4. The van der Waals surface area contributed by atoms with Crippen LogP contribution in [-0.4, -0.2) is 13.2 Å². The molecule has 0 amide bonds. The maximum Gasteiger partial charge on any atom is 0.125 e. The predicted molar refractivity (Wildman–Crippen MR) is 102 cm³/mol. The molecule has 0 radical (unpaired) electrons. The first-order valence-electron chi connectivity index (χ1n) is 8.79. The first-order chi connectivity index (χ1) is 11.4. The smallest absolute Gasteiger partial charge is 0.125 e. The van der Waals surface area contributed by atoms with Crippen molar-refractivity contribution in [2.75, 3.05) is 13.2 Å². The zero-order chi connectivity index (χ0) is 17.7. The second kappa shape index (κ2) is 8.23. The van der Waals surface area contributed by atoms with Crippen LogP contribution >= 0.6 is 0 Å². The summed E-state index contributed by atoms with van der Waals surface area (Å²) in [6.07, 6.45) is 1.99. The van der Waals surface area contributed by atoms with E-state index in [1.165, 1.54) is 33.4 Å². The maximum absolute atomic E-state index is 5.98. The largest absolute Gasteiger partial charge is 0.493 e. The molecule has 0 aliphatic carbocycles. The second-order valence-corrected chi connectivity index (χ2v) is 6.86. The Labute approximate surface area is 146 Å². The molecule has 0 fully saturated rings. The van der Waals surface area contributed by atoms with E-state index in [1.54, 1.807) is 0 Å². The molecule has 24 heavy (non-hydrogen) atoms. The summed E-state index contributed by atoms with van der Waals surface area (Å²) >= 11 is 0. The Kier molecular flexibility index (Phi) is 6.30. The minimum absolute atomic E-state index is 0.736. The molecule has 0 atom stereocenters. The second-order valence-electron chi connectivity index (χ2n) is 6.86. The summed E-state index contributed by atoms with van der Waals surface area (Å²) in [7, 11) is 0. The Morgan fingerprint density at radius 1 is 0.542 bits per heavy atom. The van der Waals surface area contributed by atoms with Gasteiger partial charge in [-0.05, 0) is 76.6 Å². The van der Waals surface area contributed by atoms with Crippen LogP contribution in [0.25, 0.3) is 0 Å². The Balaban J connectivity index is 1.77. The van der Waals surface area contributed by atoms with E-state index in [0.717, 1.165) is 37.6 Å². The highest BCUT2D eigenvalue weighted by atomic mass is 16.5. The van der Waals surface area contributed by atoms with E-state index in [2.05, 4.69) is 65.8 Å². The van der Waals surface area contributed by atoms with Gasteiger partial charge < -0.3 is 9.47 Å². The number of benzene rings is 2. The summed E-state index contributed by atoms with van der Waals surface area (Å²) in [6.45, 7) is 14.2. The van der Waals surface area contributed by atoms with Crippen molar-refractivity contribution in [2.24, 2.45) is 0 Å². The number of hydrogen-bond acceptors (Lipinski definition) is 2. The lowest BCUT2D eigenvalue weighted by molar-refractivity contribution is 0.263. The van der Waals surface area contributed by atoms with Crippen LogP contribution in [0.4, 0.5) is 0 Å². The van der Waals surface area contributed by atoms with E-state index in [9.17, 15) is 0 Å². The van der Waals surface area contributed by atoms with Gasteiger partial charge >= 0.3 is 0 Å². The standard InChI is InChI=1S/C22H30O2/c1-15-11-17(3)21(18(4)12-15)23-9-7-8-10-24-22-19(5)13-16(2)14-20(22)6/h11-14H,7-10H2,1-6H3. The molecule has 0 saturated carbocycles. The van der Waals surface area contributed by atoms with Crippen LogP contribution in [0.15, 0.2) is 24.3 Å². The summed E-state index contributed by atoms with van der Waals surface area (Å²) in [4.78, 5) is 0. The first-order valence-corrected chi connectivity index (χ1v) is 8.79. The molecule has 0 spiro atoms. The van der Waals surface area contributed by atoms with Crippen LogP contribution in [0.1, 0.15) is 46.2 Å². The molecule has 0 aliphatic rings. The molecule has 2 nitrogen and oxygen atoms in total. The van der Waals surface area contributed by atoms with Crippen molar-refractivity contribution >= 4 is 0 Å². The summed E-state index contributed by atoms with van der Waals surface area (Å²) in [5, 5.41) is 0. The topological polar surface area (TPSA) is 18.5 Å². The van der Waals surface area contributed by atoms with Crippen LogP contribution in [-0.2, 0) is 0 Å². The molecule has 0 saturated heterocycles. The molecule has 2 rings (SSSR count). The lowest BCUT2D eigenvalue weighted by Gasteiger charge is -2.14. The minimum atomic E-state index is 0.736. The molecule has 130 valence electrons. The summed E-state index contributed by atoms with van der Waals surface area (Å²) in [6, 6.07) is 8.70. The summed E-state index contributed by atoms with van der Waals surface area (Å²) in [5.41, 5.74) is 7.44. The predicted octanol–water partition coefficient (Wildman–Crippen LogP) is 5.78. The SMILES string of the molecule is Cc1cc(C)c(OCCCCOc2c(C)cc(C)cc2C)c(C)c1. The van der Waals surface area contributed by atoms with Gasteiger partial charge in [-0.1, -0.05) is 35.4 Å². The molecule has 0 N–H and O–H groups in total. The van der Waals surface area contributed by atoms with E-state index in [1.807, 2.05) is 0 Å². The van der Waals surface area contributed by atoms with Crippen LogP contribution in [0, 0.1) is 41.5 Å². The molecule has 0 heterocycles. The molecular formula is C22H30O2. The maximum atomic E-state index is 5.98. The highest BCUT2D eigenvalue weighted by Gasteiger charge is 2.06. The summed E-state index contributed by atoms with van der Waals surface area (Å²) < 4.78 is 12.0. The average Bonchev–Trinajstić information content (AvgIpc) is 2.46. The Morgan fingerprint density at radius 3 is 1.12 bits per heavy atom. The minimum Gasteiger partial charge on any atom is -0.493 e. The molecule has 0 bridgehead atoms. The zero-order valence-corrected chi connectivity index (χ0v) is 16.0. The third kappa shape index (κ3) is 4.77. The summed E-state index contributed by atoms with van der Waals surface area (Å²) in [5.74, 6) is 2.07. The fraction of sp³-hybridized carbons (Fsp3) is 0.455. The monoisotopic (exact) mass is 326 g/mol. The number of rotatable bonds is 7. The van der Waals surface area contributed by atoms with Crippen LogP contribution in [0.3, 0.4) is 0 Å². The van der Waals surface area contributed by atoms with Crippen molar-refractivity contribution in [1.29, 1.82) is 0 Å². The van der Waals surface area contributed by atoms with Crippen molar-refractivity contribution in [3.8, 4) is 11.5 Å². The number of hydrogen-bond donors (Lipinski definition) is 0. The highest BCUT2D eigenvalue weighted by molar-refractivity contribution is 5.43. The number of ether oxygens (including phenoxy) is 2. The van der Waals surface area contributed by atoms with Gasteiger partial charge in [-0.25, -0.2) is 0 Å². The molecule has 2 heteroatoms. The molecule has 0 aliphatic heterocycles. The van der Waals surface area contributed by atoms with Gasteiger partial charge in [-0.15, -0.1) is 0 Å². The van der Waals surface area contributed by atoms with Gasteiger partial charge in [-0.2, -0.15) is 0 Å². The zero-order valence-electron chi connectivity index (χ0n) is 16.0. The molecule has 2 aromatic rings. The lowest BCUT2D eigenvalue weighted by atomic mass is 10.1. The highest BCUT2D eigenvalue weighted by Crippen LogP contribution is 2.26. The van der Waals surface area contributed by atoms with E-state index < -0.39 is 0 Å². The van der Waals surface area contributed by atoms with Gasteiger partial charge in [0.2, 0.25) is 0 Å². The van der Waals surface area contributed by atoms with Gasteiger partial charge in [-0.3, -0.25) is 0 Å². The van der Waals surface area contributed by atoms with Crippen LogP contribution in [0.5, 0.6) is 11.5 Å². The lowest BCUT2D eigenvalue weighted by Crippen LogP contribution is -2.05. The Bertz CT molecular complexity index is 594. The van der Waals surface area contributed by atoms with E-state index in [-0.39, 0.29) is 0 Å². The number of unbranched alkanes of at least 4 members (excludes halogenated alkanes) is 1. The van der Waals surface area contributed by atoms with E-state index in [0.29, 0.717) is 0 Å². The quantitative estimate of drug-likeness (QED) is 0.601. The van der Waals surface area contributed by atoms with Crippen LogP contribution < -0.4 is 9.47 Å². The molecule has 2 aromatic carbocycles. The van der Waals surface area contributed by atoms with E-state index in [4.69, 9.17) is 9.47 Å². The molecule has 0 unspecified atom stereocenters. The fourth-order valence-corrected chi connectivity index (χ4v) is 3.34. The normalized spacial score (nSPS) is 10.8. The third-order valence-corrected chi connectivity index (χ3v) is 4.24. The van der Waals surface area contributed by atoms with Gasteiger partial charge in [0.25, 0.3) is 0 Å². The molecule has 0 aromatic heterocycles. The molecular weight excluding hydrogens is 296 g/mol. The van der Waals surface area contributed by atoms with Gasteiger partial charge in [0.05, 0.1) is 13.2 Å². The third-order valence-electron chi connectivity index (χ3n) is 4.24. The number of aryl methyl sites for hydroxylation is 6. The fourth-order valence-electron chi connectivity index (χ4n) is 3.34. The Morgan fingerprint density at radius 2 is 0.833 bits per heavy atom. The van der Waals surface area contributed by atoms with Gasteiger partial charge in [0.15, 0.2) is 0 Å². The van der Waals surface area contributed by atoms with Gasteiger partial charge in [0.1, 0.15) is 11.5 Å². The van der Waals surface area contributed by atoms with Crippen molar-refractivity contribution in [3.05, 3.63) is 57.6 Å². The van der Waals surface area contributed by atoms with Crippen molar-refractivity contribution in [2.45, 2.75) is 54.4 Å². The average molecular weight is 326 g/mol.